The van der Waals surface area contributed by atoms with Gasteiger partial charge in [0, 0.05) is 11.5 Å². The van der Waals surface area contributed by atoms with Crippen molar-refractivity contribution in [1.29, 1.82) is 0 Å². The zero-order valence-corrected chi connectivity index (χ0v) is 11.7. The Bertz CT molecular complexity index is 186. The second-order valence-electron chi connectivity index (χ2n) is 4.98. The molecule has 0 aromatic heterocycles. The molecule has 0 saturated carbocycles. The summed E-state index contributed by atoms with van der Waals surface area (Å²) in [6, 6.07) is 0. The minimum Gasteiger partial charge on any atom is -0.0937 e. The van der Waals surface area contributed by atoms with Crippen LogP contribution in [0.1, 0.15) is 78.1 Å². The third-order valence-electron chi connectivity index (χ3n) is 3.33. The van der Waals surface area contributed by atoms with E-state index < -0.39 is 0 Å². The normalized spacial score (nSPS) is 10.5. The van der Waals surface area contributed by atoms with Crippen molar-refractivity contribution in [1.82, 2.24) is 0 Å². The predicted octanol–water partition coefficient (Wildman–Crippen LogP) is 5.85. The lowest BCUT2D eigenvalue weighted by Gasteiger charge is -2.14. The molecule has 0 spiro atoms. The van der Waals surface area contributed by atoms with Crippen molar-refractivity contribution < 1.29 is 0 Å². The molecule has 0 aromatic carbocycles. The van der Waals surface area contributed by atoms with E-state index in [-0.39, 0.29) is 0 Å². The lowest BCUT2D eigenvalue weighted by molar-refractivity contribution is 0.414. The van der Waals surface area contributed by atoms with Gasteiger partial charge in [0.15, 0.2) is 0 Å². The average Bonchev–Trinajstić information content (AvgIpc) is 2.35. The molecule has 0 N–H and O–H groups in total. The summed E-state index contributed by atoms with van der Waals surface area (Å²) in [5, 5.41) is 3.75. The van der Waals surface area contributed by atoms with E-state index >= 15 is 0 Å². The van der Waals surface area contributed by atoms with Crippen molar-refractivity contribution in [3.63, 3.8) is 0 Å². The lowest BCUT2D eigenvalue weighted by Crippen LogP contribution is -2.04. The van der Waals surface area contributed by atoms with E-state index in [9.17, 15) is 0 Å². The van der Waals surface area contributed by atoms with Crippen molar-refractivity contribution in [2.75, 3.05) is 6.54 Å². The Balaban J connectivity index is 3.67. The number of rotatable bonds is 12. The molecule has 0 fully saturated rings. The first-order valence-electron chi connectivity index (χ1n) is 7.36. The van der Waals surface area contributed by atoms with Crippen molar-refractivity contribution in [2.45, 2.75) is 78.1 Å². The smallest absolute Gasteiger partial charge is 0.0286 e. The third-order valence-corrected chi connectivity index (χ3v) is 3.33. The lowest BCUT2D eigenvalue weighted by atomic mass is 9.94. The van der Waals surface area contributed by atoms with E-state index in [4.69, 9.17) is 5.53 Å². The van der Waals surface area contributed by atoms with Crippen LogP contribution in [0.25, 0.3) is 10.4 Å². The molecule has 0 aliphatic heterocycles. The summed E-state index contributed by atoms with van der Waals surface area (Å²) in [4.78, 5) is 2.89. The van der Waals surface area contributed by atoms with Crippen molar-refractivity contribution in [3.05, 3.63) is 10.4 Å². The molecule has 0 unspecified atom stereocenters. The first-order valence-corrected chi connectivity index (χ1v) is 7.36. The second-order valence-corrected chi connectivity index (χ2v) is 4.98. The highest BCUT2D eigenvalue weighted by atomic mass is 15.1. The molecule has 0 aliphatic rings. The number of nitrogens with zero attached hydrogens (tertiary/aromatic N) is 3. The van der Waals surface area contributed by atoms with Crippen LogP contribution in [0, 0.1) is 5.92 Å². The van der Waals surface area contributed by atoms with Gasteiger partial charge in [-0.25, -0.2) is 0 Å². The number of azide groups is 1. The largest absolute Gasteiger partial charge is 0.0937 e. The van der Waals surface area contributed by atoms with E-state index in [1.165, 1.54) is 64.2 Å². The molecule has 17 heavy (non-hydrogen) atoms. The van der Waals surface area contributed by atoms with E-state index in [1.807, 2.05) is 0 Å². The molecule has 100 valence electrons. The minimum atomic E-state index is 0.625. The van der Waals surface area contributed by atoms with Gasteiger partial charge in [-0.05, 0) is 11.4 Å². The molecule has 0 aliphatic carbocycles. The fourth-order valence-electron chi connectivity index (χ4n) is 2.20. The van der Waals surface area contributed by atoms with E-state index in [1.54, 1.807) is 0 Å². The van der Waals surface area contributed by atoms with Crippen LogP contribution >= 0.6 is 0 Å². The topological polar surface area (TPSA) is 48.8 Å². The Kier molecular flexibility index (Phi) is 12.8. The van der Waals surface area contributed by atoms with Gasteiger partial charge < -0.3 is 0 Å². The summed E-state index contributed by atoms with van der Waals surface area (Å²) in [6.45, 7) is 5.18. The minimum absolute atomic E-state index is 0.625. The van der Waals surface area contributed by atoms with Crippen molar-refractivity contribution in [3.8, 4) is 0 Å². The molecule has 0 radical (unpaired) electrons. The van der Waals surface area contributed by atoms with Crippen molar-refractivity contribution in [2.24, 2.45) is 11.0 Å². The SMILES string of the molecule is CCCCCCC(CCCCCC)CN=[N+]=[N-]. The molecule has 0 bridgehead atoms. The van der Waals surface area contributed by atoms with Crippen LogP contribution in [-0.4, -0.2) is 6.54 Å². The Hall–Kier alpha value is -0.690. The fourth-order valence-corrected chi connectivity index (χ4v) is 2.20. The molecule has 0 heterocycles. The summed E-state index contributed by atoms with van der Waals surface area (Å²) in [5.41, 5.74) is 8.39. The Labute approximate surface area is 107 Å². The maximum absolute atomic E-state index is 8.39. The van der Waals surface area contributed by atoms with Crippen molar-refractivity contribution >= 4 is 0 Å². The summed E-state index contributed by atoms with van der Waals surface area (Å²) in [5.74, 6) is 0.625. The van der Waals surface area contributed by atoms with Gasteiger partial charge in [-0.3, -0.25) is 0 Å². The van der Waals surface area contributed by atoms with Gasteiger partial charge in [0.05, 0.1) is 0 Å². The maximum Gasteiger partial charge on any atom is 0.0286 e. The van der Waals surface area contributed by atoms with Crippen LogP contribution in [0.3, 0.4) is 0 Å². The van der Waals surface area contributed by atoms with Gasteiger partial charge in [0.1, 0.15) is 0 Å². The van der Waals surface area contributed by atoms with Gasteiger partial charge in [0.2, 0.25) is 0 Å². The highest BCUT2D eigenvalue weighted by Crippen LogP contribution is 2.18. The van der Waals surface area contributed by atoms with E-state index in [0.717, 1.165) is 0 Å². The van der Waals surface area contributed by atoms with Gasteiger partial charge in [-0.2, -0.15) is 0 Å². The van der Waals surface area contributed by atoms with Crippen LogP contribution < -0.4 is 0 Å². The Morgan fingerprint density at radius 1 is 0.882 bits per heavy atom. The van der Waals surface area contributed by atoms with Gasteiger partial charge in [-0.15, -0.1) is 0 Å². The average molecular weight is 239 g/mol. The van der Waals surface area contributed by atoms with Crippen LogP contribution in [-0.2, 0) is 0 Å². The molecular formula is C14H29N3. The molecular weight excluding hydrogens is 210 g/mol. The van der Waals surface area contributed by atoms with E-state index in [0.29, 0.717) is 12.5 Å². The van der Waals surface area contributed by atoms with Gasteiger partial charge >= 0.3 is 0 Å². The monoisotopic (exact) mass is 239 g/mol. The first kappa shape index (κ1) is 16.3. The first-order chi connectivity index (χ1) is 8.35. The number of hydrogen-bond donors (Lipinski definition) is 0. The summed E-state index contributed by atoms with van der Waals surface area (Å²) < 4.78 is 0. The highest BCUT2D eigenvalue weighted by Gasteiger charge is 2.07. The van der Waals surface area contributed by atoms with E-state index in [2.05, 4.69) is 23.9 Å². The Morgan fingerprint density at radius 3 is 1.82 bits per heavy atom. The third kappa shape index (κ3) is 11.6. The fraction of sp³-hybridized carbons (Fsp3) is 1.00. The van der Waals surface area contributed by atoms with Crippen LogP contribution in [0.4, 0.5) is 0 Å². The number of unbranched alkanes of at least 4 members (excludes halogenated alkanes) is 6. The molecule has 0 atom stereocenters. The zero-order chi connectivity index (χ0) is 12.8. The quantitative estimate of drug-likeness (QED) is 0.177. The summed E-state index contributed by atoms with van der Waals surface area (Å²) in [7, 11) is 0. The van der Waals surface area contributed by atoms with Crippen LogP contribution in [0.5, 0.6) is 0 Å². The molecule has 0 saturated heterocycles. The molecule has 0 aromatic rings. The summed E-state index contributed by atoms with van der Waals surface area (Å²) >= 11 is 0. The standard InChI is InChI=1S/C14H29N3/c1-3-5-7-9-11-14(13-16-17-15)12-10-8-6-4-2/h14H,3-13H2,1-2H3. The van der Waals surface area contributed by atoms with Crippen LogP contribution in [0.15, 0.2) is 5.11 Å². The Morgan fingerprint density at radius 2 is 1.41 bits per heavy atom. The molecule has 3 heteroatoms. The molecule has 0 amide bonds. The van der Waals surface area contributed by atoms with Gasteiger partial charge in [0.25, 0.3) is 0 Å². The molecule has 0 rings (SSSR count). The summed E-state index contributed by atoms with van der Waals surface area (Å²) in [6.07, 6.45) is 13.0. The molecule has 3 nitrogen and oxygen atoms in total. The zero-order valence-electron chi connectivity index (χ0n) is 11.7. The van der Waals surface area contributed by atoms with Crippen LogP contribution in [0.2, 0.25) is 0 Å². The van der Waals surface area contributed by atoms with Gasteiger partial charge in [-0.1, -0.05) is 83.2 Å². The second kappa shape index (κ2) is 13.4. The predicted molar refractivity (Wildman–Crippen MR) is 75.0 cm³/mol. The maximum atomic E-state index is 8.39. The number of hydrogen-bond acceptors (Lipinski definition) is 1. The highest BCUT2D eigenvalue weighted by molar-refractivity contribution is 4.64.